The molecular weight excluding hydrogens is 246 g/mol. The van der Waals surface area contributed by atoms with E-state index in [1.165, 1.54) is 18.5 Å². The van der Waals surface area contributed by atoms with E-state index in [-0.39, 0.29) is 11.9 Å². The fourth-order valence-electron chi connectivity index (χ4n) is 1.56. The van der Waals surface area contributed by atoms with E-state index in [1.807, 2.05) is 0 Å². The first-order chi connectivity index (χ1) is 9.08. The highest BCUT2D eigenvalue weighted by atomic mass is 16.2. The maximum absolute atomic E-state index is 11.9. The van der Waals surface area contributed by atoms with Gasteiger partial charge in [0.05, 0.1) is 6.04 Å². The summed E-state index contributed by atoms with van der Waals surface area (Å²) in [5, 5.41) is 9.15. The minimum Gasteiger partial charge on any atom is -0.366 e. The highest BCUT2D eigenvalue weighted by Gasteiger charge is 2.13. The Labute approximate surface area is 109 Å². The second kappa shape index (κ2) is 5.30. The molecule has 98 valence electrons. The molecular formula is C12H13N5O2. The van der Waals surface area contributed by atoms with Crippen molar-refractivity contribution < 1.29 is 9.59 Å². The molecule has 0 aliphatic rings. The molecule has 0 spiro atoms. The van der Waals surface area contributed by atoms with Crippen molar-refractivity contribution in [2.45, 2.75) is 13.0 Å². The van der Waals surface area contributed by atoms with Crippen molar-refractivity contribution in [2.24, 2.45) is 5.73 Å². The Morgan fingerprint density at radius 2 is 1.89 bits per heavy atom. The summed E-state index contributed by atoms with van der Waals surface area (Å²) >= 11 is 0. The minimum absolute atomic E-state index is 0.264. The van der Waals surface area contributed by atoms with Gasteiger partial charge in [-0.1, -0.05) is 0 Å². The van der Waals surface area contributed by atoms with E-state index in [2.05, 4.69) is 20.5 Å². The SMILES string of the molecule is CC(NC(=O)c1ccc(C(N)=O)cc1)c1ncn[nH]1. The van der Waals surface area contributed by atoms with Crippen molar-refractivity contribution in [2.75, 3.05) is 0 Å². The number of amides is 2. The molecule has 2 aromatic rings. The number of carbonyl (C=O) groups excluding carboxylic acids is 2. The van der Waals surface area contributed by atoms with Gasteiger partial charge in [-0.25, -0.2) is 4.98 Å². The van der Waals surface area contributed by atoms with Crippen molar-refractivity contribution in [3.05, 3.63) is 47.5 Å². The predicted molar refractivity (Wildman–Crippen MR) is 67.2 cm³/mol. The van der Waals surface area contributed by atoms with Crippen LogP contribution in [0.1, 0.15) is 39.5 Å². The van der Waals surface area contributed by atoms with Crippen molar-refractivity contribution in [1.82, 2.24) is 20.5 Å². The molecule has 19 heavy (non-hydrogen) atoms. The van der Waals surface area contributed by atoms with Crippen LogP contribution in [0.25, 0.3) is 0 Å². The molecule has 0 saturated heterocycles. The number of aromatic amines is 1. The van der Waals surface area contributed by atoms with Crippen LogP contribution in [-0.4, -0.2) is 27.0 Å². The predicted octanol–water partition coefficient (Wildman–Crippen LogP) is 0.395. The molecule has 2 rings (SSSR count). The topological polar surface area (TPSA) is 114 Å². The molecule has 7 heteroatoms. The lowest BCUT2D eigenvalue weighted by atomic mass is 10.1. The number of hydrogen-bond acceptors (Lipinski definition) is 4. The van der Waals surface area contributed by atoms with Crippen LogP contribution < -0.4 is 11.1 Å². The molecule has 0 radical (unpaired) electrons. The first kappa shape index (κ1) is 12.7. The lowest BCUT2D eigenvalue weighted by Gasteiger charge is -2.11. The number of hydrogen-bond donors (Lipinski definition) is 3. The number of benzene rings is 1. The lowest BCUT2D eigenvalue weighted by molar-refractivity contribution is 0.0936. The number of nitrogens with zero attached hydrogens (tertiary/aromatic N) is 2. The third-order valence-electron chi connectivity index (χ3n) is 2.62. The molecule has 0 bridgehead atoms. The summed E-state index contributed by atoms with van der Waals surface area (Å²) in [5.41, 5.74) is 5.93. The number of nitrogens with two attached hydrogens (primary N) is 1. The largest absolute Gasteiger partial charge is 0.366 e. The van der Waals surface area contributed by atoms with Crippen molar-refractivity contribution >= 4 is 11.8 Å². The fourth-order valence-corrected chi connectivity index (χ4v) is 1.56. The van der Waals surface area contributed by atoms with E-state index in [1.54, 1.807) is 19.1 Å². The van der Waals surface area contributed by atoms with Gasteiger partial charge in [0.1, 0.15) is 12.2 Å². The van der Waals surface area contributed by atoms with Crippen LogP contribution in [-0.2, 0) is 0 Å². The number of rotatable bonds is 4. The third kappa shape index (κ3) is 2.95. The molecule has 1 atom stereocenters. The summed E-state index contributed by atoms with van der Waals surface area (Å²) in [4.78, 5) is 26.8. The van der Waals surface area contributed by atoms with Gasteiger partial charge in [0.2, 0.25) is 5.91 Å². The molecule has 1 aromatic carbocycles. The van der Waals surface area contributed by atoms with E-state index in [4.69, 9.17) is 5.73 Å². The third-order valence-corrected chi connectivity index (χ3v) is 2.62. The van der Waals surface area contributed by atoms with E-state index < -0.39 is 5.91 Å². The normalized spacial score (nSPS) is 11.8. The molecule has 0 saturated carbocycles. The van der Waals surface area contributed by atoms with Crippen molar-refractivity contribution in [3.63, 3.8) is 0 Å². The van der Waals surface area contributed by atoms with E-state index in [0.717, 1.165) is 0 Å². The second-order valence-corrected chi connectivity index (χ2v) is 4.01. The first-order valence-electron chi connectivity index (χ1n) is 5.64. The van der Waals surface area contributed by atoms with E-state index in [9.17, 15) is 9.59 Å². The van der Waals surface area contributed by atoms with Gasteiger partial charge in [-0.2, -0.15) is 5.10 Å². The monoisotopic (exact) mass is 259 g/mol. The number of aromatic nitrogens is 3. The Balaban J connectivity index is 2.05. The zero-order chi connectivity index (χ0) is 13.8. The quantitative estimate of drug-likeness (QED) is 0.737. The standard InChI is InChI=1S/C12H13N5O2/c1-7(11-14-6-15-17-11)16-12(19)9-4-2-8(3-5-9)10(13)18/h2-7H,1H3,(H2,13,18)(H,16,19)(H,14,15,17). The molecule has 7 nitrogen and oxygen atoms in total. The Hall–Kier alpha value is -2.70. The number of carbonyl (C=O) groups is 2. The van der Waals surface area contributed by atoms with Crippen molar-refractivity contribution in [3.8, 4) is 0 Å². The molecule has 0 fully saturated rings. The average Bonchev–Trinajstić information content (AvgIpc) is 2.92. The number of primary amides is 1. The van der Waals surface area contributed by atoms with Crippen LogP contribution in [0, 0.1) is 0 Å². The second-order valence-electron chi connectivity index (χ2n) is 4.01. The maximum atomic E-state index is 11.9. The van der Waals surface area contributed by atoms with Crippen molar-refractivity contribution in [1.29, 1.82) is 0 Å². The van der Waals surface area contributed by atoms with Crippen LogP contribution in [0.5, 0.6) is 0 Å². The summed E-state index contributed by atoms with van der Waals surface area (Å²) in [6.45, 7) is 1.79. The summed E-state index contributed by atoms with van der Waals surface area (Å²) in [5.74, 6) is -0.219. The molecule has 1 heterocycles. The van der Waals surface area contributed by atoms with Gasteiger partial charge in [-0.3, -0.25) is 14.7 Å². The summed E-state index contributed by atoms with van der Waals surface area (Å²) in [6, 6.07) is 5.82. The number of nitrogens with one attached hydrogen (secondary N) is 2. The van der Waals surface area contributed by atoms with Gasteiger partial charge in [-0.05, 0) is 31.2 Å². The van der Waals surface area contributed by atoms with E-state index in [0.29, 0.717) is 17.0 Å². The molecule has 4 N–H and O–H groups in total. The van der Waals surface area contributed by atoms with Crippen LogP contribution in [0.2, 0.25) is 0 Å². The van der Waals surface area contributed by atoms with Crippen LogP contribution in [0.3, 0.4) is 0 Å². The zero-order valence-corrected chi connectivity index (χ0v) is 10.3. The highest BCUT2D eigenvalue weighted by molar-refractivity contribution is 5.97. The Kier molecular flexibility index (Phi) is 3.56. The van der Waals surface area contributed by atoms with Crippen LogP contribution in [0.4, 0.5) is 0 Å². The number of H-pyrrole nitrogens is 1. The summed E-state index contributed by atoms with van der Waals surface area (Å²) < 4.78 is 0. The Morgan fingerprint density at radius 1 is 1.26 bits per heavy atom. The summed E-state index contributed by atoms with van der Waals surface area (Å²) in [7, 11) is 0. The van der Waals surface area contributed by atoms with E-state index >= 15 is 0 Å². The minimum atomic E-state index is -0.526. The maximum Gasteiger partial charge on any atom is 0.251 e. The zero-order valence-electron chi connectivity index (χ0n) is 10.3. The van der Waals surface area contributed by atoms with Gasteiger partial charge < -0.3 is 11.1 Å². The lowest BCUT2D eigenvalue weighted by Crippen LogP contribution is -2.27. The highest BCUT2D eigenvalue weighted by Crippen LogP contribution is 2.08. The van der Waals surface area contributed by atoms with Crippen LogP contribution in [0.15, 0.2) is 30.6 Å². The smallest absolute Gasteiger partial charge is 0.251 e. The molecule has 1 unspecified atom stereocenters. The molecule has 2 amide bonds. The average molecular weight is 259 g/mol. The summed E-state index contributed by atoms with van der Waals surface area (Å²) in [6.07, 6.45) is 1.37. The molecule has 0 aliphatic heterocycles. The van der Waals surface area contributed by atoms with Gasteiger partial charge in [-0.15, -0.1) is 0 Å². The van der Waals surface area contributed by atoms with Gasteiger partial charge in [0, 0.05) is 11.1 Å². The Bertz CT molecular complexity index is 577. The Morgan fingerprint density at radius 3 is 2.42 bits per heavy atom. The van der Waals surface area contributed by atoms with Crippen LogP contribution >= 0.6 is 0 Å². The van der Waals surface area contributed by atoms with Gasteiger partial charge in [0.25, 0.3) is 5.91 Å². The first-order valence-corrected chi connectivity index (χ1v) is 5.64. The van der Waals surface area contributed by atoms with Gasteiger partial charge in [0.15, 0.2) is 0 Å². The fraction of sp³-hybridized carbons (Fsp3) is 0.167. The molecule has 1 aromatic heterocycles. The molecule has 0 aliphatic carbocycles. The van der Waals surface area contributed by atoms with Gasteiger partial charge >= 0.3 is 0 Å².